The van der Waals surface area contributed by atoms with Gasteiger partial charge in [0.25, 0.3) is 5.91 Å². The summed E-state index contributed by atoms with van der Waals surface area (Å²) in [5.74, 6) is 0.572. The van der Waals surface area contributed by atoms with E-state index in [1.807, 2.05) is 23.6 Å². The predicted molar refractivity (Wildman–Crippen MR) is 97.9 cm³/mol. The molecule has 0 aliphatic heterocycles. The van der Waals surface area contributed by atoms with Gasteiger partial charge in [-0.3, -0.25) is 4.79 Å². The minimum Gasteiger partial charge on any atom is -0.467 e. The molecule has 3 rings (SSSR count). The van der Waals surface area contributed by atoms with Crippen molar-refractivity contribution >= 4 is 40.4 Å². The van der Waals surface area contributed by atoms with Crippen LogP contribution in [0.1, 0.15) is 21.0 Å². The molecule has 0 unspecified atom stereocenters. The molecule has 0 saturated carbocycles. The monoisotopic (exact) mass is 379 g/mol. The molecule has 2 aromatic heterocycles. The highest BCUT2D eigenvalue weighted by Gasteiger charge is 2.20. The van der Waals surface area contributed by atoms with Crippen molar-refractivity contribution in [3.05, 3.63) is 80.4 Å². The molecule has 0 aliphatic rings. The number of rotatable bonds is 6. The molecular formula is C18H15Cl2NO2S. The molecule has 3 nitrogen and oxygen atoms in total. The van der Waals surface area contributed by atoms with E-state index in [0.29, 0.717) is 28.7 Å². The maximum Gasteiger partial charge on any atom is 0.255 e. The van der Waals surface area contributed by atoms with Crippen LogP contribution in [0.15, 0.2) is 58.5 Å². The van der Waals surface area contributed by atoms with Crippen molar-refractivity contribution in [1.82, 2.24) is 4.90 Å². The number of halogens is 2. The van der Waals surface area contributed by atoms with E-state index in [0.717, 1.165) is 12.2 Å². The van der Waals surface area contributed by atoms with Crippen molar-refractivity contribution in [1.29, 1.82) is 0 Å². The molecule has 0 atom stereocenters. The van der Waals surface area contributed by atoms with Crippen LogP contribution in [0.25, 0.3) is 0 Å². The first-order valence-corrected chi connectivity index (χ1v) is 9.06. The largest absolute Gasteiger partial charge is 0.467 e. The second-order valence-corrected chi connectivity index (χ2v) is 7.14. The van der Waals surface area contributed by atoms with Crippen LogP contribution < -0.4 is 0 Å². The summed E-state index contributed by atoms with van der Waals surface area (Å²) in [7, 11) is 0. The van der Waals surface area contributed by atoms with Gasteiger partial charge in [-0.1, -0.05) is 29.3 Å². The number of carbonyl (C=O) groups is 1. The number of hydrogen-bond acceptors (Lipinski definition) is 3. The minimum absolute atomic E-state index is 0.157. The van der Waals surface area contributed by atoms with Crippen LogP contribution in [0.3, 0.4) is 0 Å². The van der Waals surface area contributed by atoms with Gasteiger partial charge in [0, 0.05) is 16.4 Å². The van der Waals surface area contributed by atoms with Gasteiger partial charge in [-0.25, -0.2) is 0 Å². The molecule has 1 amide bonds. The zero-order valence-electron chi connectivity index (χ0n) is 12.7. The topological polar surface area (TPSA) is 33.5 Å². The van der Waals surface area contributed by atoms with Crippen LogP contribution in [0.2, 0.25) is 10.0 Å². The fourth-order valence-corrected chi connectivity index (χ4v) is 3.44. The van der Waals surface area contributed by atoms with Gasteiger partial charge in [0.05, 0.1) is 23.4 Å². The van der Waals surface area contributed by atoms with Crippen molar-refractivity contribution in [3.8, 4) is 0 Å². The quantitative estimate of drug-likeness (QED) is 0.563. The molecule has 0 radical (unpaired) electrons. The highest BCUT2D eigenvalue weighted by atomic mass is 35.5. The van der Waals surface area contributed by atoms with E-state index < -0.39 is 0 Å². The summed E-state index contributed by atoms with van der Waals surface area (Å²) < 4.78 is 5.39. The fraction of sp³-hybridized carbons (Fsp3) is 0.167. The Bertz CT molecular complexity index is 801. The van der Waals surface area contributed by atoms with Gasteiger partial charge in [-0.05, 0) is 48.2 Å². The molecule has 0 aliphatic carbocycles. The Morgan fingerprint density at radius 3 is 2.75 bits per heavy atom. The van der Waals surface area contributed by atoms with Crippen LogP contribution in [0, 0.1) is 0 Å². The van der Waals surface area contributed by atoms with E-state index in [-0.39, 0.29) is 5.91 Å². The van der Waals surface area contributed by atoms with Crippen LogP contribution in [-0.4, -0.2) is 17.4 Å². The minimum atomic E-state index is -0.157. The third-order valence-electron chi connectivity index (χ3n) is 3.58. The van der Waals surface area contributed by atoms with Gasteiger partial charge >= 0.3 is 0 Å². The summed E-state index contributed by atoms with van der Waals surface area (Å²) in [6.45, 7) is 0.961. The van der Waals surface area contributed by atoms with Gasteiger partial charge in [-0.2, -0.15) is 0 Å². The zero-order valence-corrected chi connectivity index (χ0v) is 15.1. The molecule has 2 heterocycles. The molecule has 3 aromatic rings. The average Bonchev–Trinajstić information content (AvgIpc) is 3.26. The van der Waals surface area contributed by atoms with Crippen LogP contribution in [0.5, 0.6) is 0 Å². The maximum atomic E-state index is 12.9. The fourth-order valence-electron chi connectivity index (χ4n) is 2.37. The van der Waals surface area contributed by atoms with E-state index >= 15 is 0 Å². The lowest BCUT2D eigenvalue weighted by molar-refractivity contribution is 0.0734. The lowest BCUT2D eigenvalue weighted by Gasteiger charge is -2.22. The molecule has 0 N–H and O–H groups in total. The van der Waals surface area contributed by atoms with Crippen molar-refractivity contribution in [2.45, 2.75) is 13.0 Å². The second-order valence-electron chi connectivity index (χ2n) is 5.26. The van der Waals surface area contributed by atoms with Gasteiger partial charge in [0.1, 0.15) is 5.76 Å². The summed E-state index contributed by atoms with van der Waals surface area (Å²) in [5.41, 5.74) is 0.405. The highest BCUT2D eigenvalue weighted by Crippen LogP contribution is 2.23. The molecule has 24 heavy (non-hydrogen) atoms. The Hall–Kier alpha value is -1.75. The normalized spacial score (nSPS) is 10.8. The molecule has 1 aromatic carbocycles. The number of nitrogens with zero attached hydrogens (tertiary/aromatic N) is 1. The number of amides is 1. The Morgan fingerprint density at radius 1 is 1.17 bits per heavy atom. The molecular weight excluding hydrogens is 365 g/mol. The zero-order chi connectivity index (χ0) is 16.9. The summed E-state index contributed by atoms with van der Waals surface area (Å²) in [6.07, 6.45) is 2.38. The number of benzene rings is 1. The van der Waals surface area contributed by atoms with E-state index in [1.165, 1.54) is 4.88 Å². The Morgan fingerprint density at radius 2 is 2.04 bits per heavy atom. The molecule has 0 bridgehead atoms. The van der Waals surface area contributed by atoms with Gasteiger partial charge in [0.15, 0.2) is 0 Å². The molecule has 6 heteroatoms. The first-order chi connectivity index (χ1) is 11.6. The van der Waals surface area contributed by atoms with Crippen LogP contribution >= 0.6 is 34.5 Å². The van der Waals surface area contributed by atoms with Crippen molar-refractivity contribution < 1.29 is 9.21 Å². The first kappa shape index (κ1) is 17.1. The second kappa shape index (κ2) is 7.88. The lowest BCUT2D eigenvalue weighted by Crippen LogP contribution is -2.32. The van der Waals surface area contributed by atoms with E-state index in [9.17, 15) is 4.79 Å². The van der Waals surface area contributed by atoms with E-state index in [1.54, 1.807) is 40.7 Å². The Balaban J connectivity index is 1.82. The maximum absolute atomic E-state index is 12.9. The van der Waals surface area contributed by atoms with Crippen molar-refractivity contribution in [2.24, 2.45) is 0 Å². The van der Waals surface area contributed by atoms with Gasteiger partial charge < -0.3 is 9.32 Å². The van der Waals surface area contributed by atoms with Crippen LogP contribution in [-0.2, 0) is 13.0 Å². The average molecular weight is 380 g/mol. The smallest absolute Gasteiger partial charge is 0.255 e. The number of thiophene rings is 1. The molecule has 0 spiro atoms. The number of hydrogen-bond donors (Lipinski definition) is 0. The van der Waals surface area contributed by atoms with Crippen molar-refractivity contribution in [2.75, 3.05) is 6.54 Å². The van der Waals surface area contributed by atoms with Crippen LogP contribution in [0.4, 0.5) is 0 Å². The van der Waals surface area contributed by atoms with Gasteiger partial charge in [-0.15, -0.1) is 11.3 Å². The van der Waals surface area contributed by atoms with E-state index in [2.05, 4.69) is 6.07 Å². The Kier molecular flexibility index (Phi) is 5.61. The lowest BCUT2D eigenvalue weighted by atomic mass is 10.2. The predicted octanol–water partition coefficient (Wildman–Crippen LogP) is 5.53. The SMILES string of the molecule is O=C(c1cc(Cl)ccc1Cl)N(CCc1cccs1)Cc1ccco1. The Labute approximate surface area is 154 Å². The summed E-state index contributed by atoms with van der Waals surface area (Å²) in [5, 5.41) is 2.91. The summed E-state index contributed by atoms with van der Waals surface area (Å²) in [4.78, 5) is 15.9. The first-order valence-electron chi connectivity index (χ1n) is 7.42. The number of furan rings is 1. The summed E-state index contributed by atoms with van der Waals surface area (Å²) >= 11 is 13.9. The number of carbonyl (C=O) groups excluding carboxylic acids is 1. The third kappa shape index (κ3) is 4.20. The molecule has 0 fully saturated rings. The summed E-state index contributed by atoms with van der Waals surface area (Å²) in [6, 6.07) is 12.6. The highest BCUT2D eigenvalue weighted by molar-refractivity contribution is 7.09. The van der Waals surface area contributed by atoms with E-state index in [4.69, 9.17) is 27.6 Å². The third-order valence-corrected chi connectivity index (χ3v) is 5.08. The van der Waals surface area contributed by atoms with Crippen molar-refractivity contribution in [3.63, 3.8) is 0 Å². The standard InChI is InChI=1S/C18H15Cl2NO2S/c19-13-5-6-17(20)16(11-13)18(22)21(12-14-3-1-9-23-14)8-7-15-4-2-10-24-15/h1-6,9-11H,7-8,12H2. The molecule has 0 saturated heterocycles. The molecule has 124 valence electrons. The van der Waals surface area contributed by atoms with Gasteiger partial charge in [0.2, 0.25) is 0 Å².